The number of hydrogen-bond acceptors (Lipinski definition) is 6. The lowest BCUT2D eigenvalue weighted by atomic mass is 9.93. The van der Waals surface area contributed by atoms with Gasteiger partial charge in [-0.3, -0.25) is 14.5 Å². The minimum atomic E-state index is -4.71. The minimum Gasteiger partial charge on any atom is -0.497 e. The SMILES string of the molecule is COc1cc(OC)cc(-c2cc(C(F)(F)F)nn2-c2ccc3c4c(cccc24)C(=O)N(CCN(C)C)C3=O)c1. The van der Waals surface area contributed by atoms with Crippen LogP contribution in [0.25, 0.3) is 27.7 Å². The zero-order valence-corrected chi connectivity index (χ0v) is 21.7. The van der Waals surface area contributed by atoms with Crippen LogP contribution in [0.3, 0.4) is 0 Å². The van der Waals surface area contributed by atoms with Gasteiger partial charge in [-0.05, 0) is 50.5 Å². The number of benzene rings is 3. The van der Waals surface area contributed by atoms with Gasteiger partial charge >= 0.3 is 6.18 Å². The van der Waals surface area contributed by atoms with E-state index in [2.05, 4.69) is 5.10 Å². The molecule has 202 valence electrons. The molecule has 1 aliphatic rings. The zero-order chi connectivity index (χ0) is 28.1. The molecule has 11 heteroatoms. The Balaban J connectivity index is 1.74. The highest BCUT2D eigenvalue weighted by Crippen LogP contribution is 2.39. The number of likely N-dealkylation sites (N-methyl/N-ethyl adjacent to an activating group) is 1. The summed E-state index contributed by atoms with van der Waals surface area (Å²) in [5.41, 5.74) is 0.288. The maximum atomic E-state index is 13.9. The van der Waals surface area contributed by atoms with E-state index in [0.717, 1.165) is 6.07 Å². The third-order valence-corrected chi connectivity index (χ3v) is 6.61. The van der Waals surface area contributed by atoms with Crippen LogP contribution in [0.15, 0.2) is 54.6 Å². The van der Waals surface area contributed by atoms with Crippen LogP contribution in [0.4, 0.5) is 13.2 Å². The second kappa shape index (κ2) is 9.73. The van der Waals surface area contributed by atoms with Crippen molar-refractivity contribution in [2.45, 2.75) is 6.18 Å². The molecule has 0 atom stereocenters. The summed E-state index contributed by atoms with van der Waals surface area (Å²) in [4.78, 5) is 29.7. The lowest BCUT2D eigenvalue weighted by molar-refractivity contribution is -0.141. The first-order valence-electron chi connectivity index (χ1n) is 12.0. The quantitative estimate of drug-likeness (QED) is 0.312. The van der Waals surface area contributed by atoms with Crippen molar-refractivity contribution in [3.05, 3.63) is 71.4 Å². The molecule has 0 bridgehead atoms. The lowest BCUT2D eigenvalue weighted by Gasteiger charge is -2.28. The number of ether oxygens (including phenoxy) is 2. The largest absolute Gasteiger partial charge is 0.497 e. The molecular weight excluding hydrogens is 513 g/mol. The van der Waals surface area contributed by atoms with Crippen molar-refractivity contribution in [1.82, 2.24) is 19.6 Å². The van der Waals surface area contributed by atoms with E-state index >= 15 is 0 Å². The molecule has 1 aliphatic heterocycles. The molecule has 0 radical (unpaired) electrons. The first-order valence-corrected chi connectivity index (χ1v) is 12.0. The summed E-state index contributed by atoms with van der Waals surface area (Å²) in [7, 11) is 6.57. The van der Waals surface area contributed by atoms with Gasteiger partial charge in [0.25, 0.3) is 11.8 Å². The van der Waals surface area contributed by atoms with Crippen molar-refractivity contribution >= 4 is 22.6 Å². The van der Waals surface area contributed by atoms with Crippen molar-refractivity contribution in [3.8, 4) is 28.4 Å². The van der Waals surface area contributed by atoms with Gasteiger partial charge in [0.1, 0.15) is 11.5 Å². The van der Waals surface area contributed by atoms with Crippen LogP contribution < -0.4 is 9.47 Å². The second-order valence-electron chi connectivity index (χ2n) is 9.35. The van der Waals surface area contributed by atoms with Crippen LogP contribution in [0, 0.1) is 0 Å². The smallest absolute Gasteiger partial charge is 0.435 e. The molecule has 0 saturated heterocycles. The maximum absolute atomic E-state index is 13.9. The second-order valence-corrected chi connectivity index (χ2v) is 9.35. The summed E-state index contributed by atoms with van der Waals surface area (Å²) in [5.74, 6) is -0.134. The molecule has 0 fully saturated rings. The Bertz CT molecular complexity index is 1570. The fraction of sp³-hybridized carbons (Fsp3) is 0.250. The Morgan fingerprint density at radius 3 is 2.13 bits per heavy atom. The summed E-state index contributed by atoms with van der Waals surface area (Å²) in [6.07, 6.45) is -4.71. The van der Waals surface area contributed by atoms with Gasteiger partial charge in [0.15, 0.2) is 5.69 Å². The van der Waals surface area contributed by atoms with E-state index in [1.165, 1.54) is 29.9 Å². The highest BCUT2D eigenvalue weighted by atomic mass is 19.4. The molecule has 4 aromatic rings. The van der Waals surface area contributed by atoms with Gasteiger partial charge in [0, 0.05) is 46.6 Å². The number of hydrogen-bond donors (Lipinski definition) is 0. The van der Waals surface area contributed by atoms with E-state index < -0.39 is 23.7 Å². The molecule has 1 aromatic heterocycles. The van der Waals surface area contributed by atoms with Crippen molar-refractivity contribution in [3.63, 3.8) is 0 Å². The molecule has 0 spiro atoms. The summed E-state index contributed by atoms with van der Waals surface area (Å²) in [6, 6.07) is 13.7. The molecular formula is C28H25F3N4O4. The van der Waals surface area contributed by atoms with Crippen LogP contribution in [-0.2, 0) is 6.18 Å². The highest BCUT2D eigenvalue weighted by Gasteiger charge is 2.37. The highest BCUT2D eigenvalue weighted by molar-refractivity contribution is 6.26. The normalized spacial score (nSPS) is 13.5. The standard InChI is InChI=1S/C28H25F3N4O4/c1-33(2)10-11-34-26(36)20-7-5-6-19-22(9-8-21(25(19)20)27(34)37)35-23(15-24(32-35)28(29,30)31)16-12-17(38-3)14-18(13-16)39-4/h5-9,12-15H,10-11H2,1-4H3. The van der Waals surface area contributed by atoms with E-state index in [1.54, 1.807) is 42.5 Å². The molecule has 2 amide bonds. The number of rotatable bonds is 7. The molecule has 39 heavy (non-hydrogen) atoms. The van der Waals surface area contributed by atoms with Crippen molar-refractivity contribution in [2.75, 3.05) is 41.4 Å². The third-order valence-electron chi connectivity index (χ3n) is 6.61. The predicted molar refractivity (Wildman–Crippen MR) is 139 cm³/mol. The summed E-state index contributed by atoms with van der Waals surface area (Å²) in [5, 5.41) is 4.72. The van der Waals surface area contributed by atoms with Crippen LogP contribution in [0.1, 0.15) is 26.4 Å². The van der Waals surface area contributed by atoms with Crippen LogP contribution in [-0.4, -0.2) is 72.8 Å². The van der Waals surface area contributed by atoms with E-state index in [4.69, 9.17) is 9.47 Å². The lowest BCUT2D eigenvalue weighted by Crippen LogP contribution is -2.43. The number of halogens is 3. The van der Waals surface area contributed by atoms with E-state index in [-0.39, 0.29) is 17.9 Å². The zero-order valence-electron chi connectivity index (χ0n) is 21.7. The topological polar surface area (TPSA) is 76.9 Å². The average Bonchev–Trinajstić information content (AvgIpc) is 3.37. The Hall–Kier alpha value is -4.38. The van der Waals surface area contributed by atoms with Crippen molar-refractivity contribution in [1.29, 1.82) is 0 Å². The Kier molecular flexibility index (Phi) is 6.55. The first-order chi connectivity index (χ1) is 18.5. The molecule has 0 aliphatic carbocycles. The average molecular weight is 539 g/mol. The number of carbonyl (C=O) groups is 2. The van der Waals surface area contributed by atoms with E-state index in [1.807, 2.05) is 19.0 Å². The number of nitrogens with zero attached hydrogens (tertiary/aromatic N) is 4. The summed E-state index contributed by atoms with van der Waals surface area (Å²) < 4.78 is 53.4. The molecule has 2 heterocycles. The van der Waals surface area contributed by atoms with E-state index in [9.17, 15) is 22.8 Å². The summed E-state index contributed by atoms with van der Waals surface area (Å²) >= 11 is 0. The van der Waals surface area contributed by atoms with E-state index in [0.29, 0.717) is 45.5 Å². The van der Waals surface area contributed by atoms with Crippen molar-refractivity contribution in [2.24, 2.45) is 0 Å². The first kappa shape index (κ1) is 26.2. The van der Waals surface area contributed by atoms with Gasteiger partial charge < -0.3 is 14.4 Å². The number of carbonyl (C=O) groups excluding carboxylic acids is 2. The van der Waals surface area contributed by atoms with Gasteiger partial charge in [-0.1, -0.05) is 12.1 Å². The fourth-order valence-electron chi connectivity index (χ4n) is 4.68. The number of amides is 2. The Morgan fingerprint density at radius 2 is 1.54 bits per heavy atom. The van der Waals surface area contributed by atoms with Gasteiger partial charge in [0.2, 0.25) is 0 Å². The molecule has 5 rings (SSSR count). The third kappa shape index (κ3) is 4.59. The minimum absolute atomic E-state index is 0.126. The van der Waals surface area contributed by atoms with Crippen LogP contribution in [0.5, 0.6) is 11.5 Å². The number of alkyl halides is 3. The Morgan fingerprint density at radius 1 is 0.897 bits per heavy atom. The van der Waals surface area contributed by atoms with Gasteiger partial charge in [0.05, 0.1) is 25.6 Å². The molecule has 0 unspecified atom stereocenters. The van der Waals surface area contributed by atoms with Gasteiger partial charge in [-0.2, -0.15) is 18.3 Å². The number of methoxy groups -OCH3 is 2. The van der Waals surface area contributed by atoms with Gasteiger partial charge in [-0.15, -0.1) is 0 Å². The molecule has 3 aromatic carbocycles. The van der Waals surface area contributed by atoms with Crippen molar-refractivity contribution < 1.29 is 32.2 Å². The van der Waals surface area contributed by atoms with Crippen LogP contribution in [0.2, 0.25) is 0 Å². The Labute approximate surface area is 222 Å². The molecule has 0 N–H and O–H groups in total. The summed E-state index contributed by atoms with van der Waals surface area (Å²) in [6.45, 7) is 0.694. The van der Waals surface area contributed by atoms with Crippen LogP contribution >= 0.6 is 0 Å². The monoisotopic (exact) mass is 538 g/mol. The molecule has 0 saturated carbocycles. The number of imide groups is 1. The maximum Gasteiger partial charge on any atom is 0.435 e. The number of aromatic nitrogens is 2. The van der Waals surface area contributed by atoms with Gasteiger partial charge in [-0.25, -0.2) is 4.68 Å². The molecule has 8 nitrogen and oxygen atoms in total. The predicted octanol–water partition coefficient (Wildman–Crippen LogP) is 4.89. The fourth-order valence-corrected chi connectivity index (χ4v) is 4.68.